The third-order valence-corrected chi connectivity index (χ3v) is 5.61. The Bertz CT molecular complexity index is 849. The SMILES string of the molecule is COc1ccc2c(c1)OCCN(C(=O)NCC1(Cc3ccc(F)cc3)CC1)C2. The predicted octanol–water partition coefficient (Wildman–Crippen LogP) is 3.76. The number of nitrogens with one attached hydrogen (secondary N) is 1. The Labute approximate surface area is 164 Å². The maximum Gasteiger partial charge on any atom is 0.317 e. The Hall–Kier alpha value is -2.76. The number of halogens is 1. The summed E-state index contributed by atoms with van der Waals surface area (Å²) in [5.41, 5.74) is 2.18. The predicted molar refractivity (Wildman–Crippen MR) is 104 cm³/mol. The van der Waals surface area contributed by atoms with Gasteiger partial charge in [-0.3, -0.25) is 0 Å². The van der Waals surface area contributed by atoms with E-state index in [1.165, 1.54) is 12.1 Å². The highest BCUT2D eigenvalue weighted by Gasteiger charge is 2.42. The van der Waals surface area contributed by atoms with Gasteiger partial charge in [0.1, 0.15) is 23.9 Å². The summed E-state index contributed by atoms with van der Waals surface area (Å²) in [6.45, 7) is 2.13. The minimum Gasteiger partial charge on any atom is -0.497 e. The van der Waals surface area contributed by atoms with Gasteiger partial charge in [0.15, 0.2) is 0 Å². The highest BCUT2D eigenvalue weighted by Crippen LogP contribution is 2.47. The number of benzene rings is 2. The Morgan fingerprint density at radius 1 is 1.25 bits per heavy atom. The molecule has 2 amide bonds. The molecule has 2 aromatic carbocycles. The first-order valence-electron chi connectivity index (χ1n) is 9.64. The Kier molecular flexibility index (Phi) is 5.11. The number of methoxy groups -OCH3 is 1. The monoisotopic (exact) mass is 384 g/mol. The zero-order valence-corrected chi connectivity index (χ0v) is 16.0. The van der Waals surface area contributed by atoms with Crippen molar-refractivity contribution in [2.24, 2.45) is 5.41 Å². The van der Waals surface area contributed by atoms with Crippen LogP contribution in [0.15, 0.2) is 42.5 Å². The van der Waals surface area contributed by atoms with Crippen LogP contribution in [-0.2, 0) is 13.0 Å². The number of nitrogens with zero attached hydrogens (tertiary/aromatic N) is 1. The van der Waals surface area contributed by atoms with E-state index >= 15 is 0 Å². The molecule has 28 heavy (non-hydrogen) atoms. The first-order valence-corrected chi connectivity index (χ1v) is 9.64. The largest absolute Gasteiger partial charge is 0.497 e. The van der Waals surface area contributed by atoms with Crippen molar-refractivity contribution in [3.63, 3.8) is 0 Å². The number of ether oxygens (including phenoxy) is 2. The number of rotatable bonds is 5. The fourth-order valence-electron chi connectivity index (χ4n) is 3.65. The van der Waals surface area contributed by atoms with Gasteiger partial charge in [-0.05, 0) is 54.5 Å². The summed E-state index contributed by atoms with van der Waals surface area (Å²) in [6.07, 6.45) is 3.02. The van der Waals surface area contributed by atoms with E-state index in [4.69, 9.17) is 9.47 Å². The van der Waals surface area contributed by atoms with Crippen LogP contribution in [0.25, 0.3) is 0 Å². The van der Waals surface area contributed by atoms with Crippen LogP contribution in [0.3, 0.4) is 0 Å². The van der Waals surface area contributed by atoms with Crippen molar-refractivity contribution in [1.29, 1.82) is 0 Å². The first-order chi connectivity index (χ1) is 13.6. The van der Waals surface area contributed by atoms with Gasteiger partial charge in [0.2, 0.25) is 0 Å². The summed E-state index contributed by atoms with van der Waals surface area (Å²) in [7, 11) is 1.62. The van der Waals surface area contributed by atoms with Crippen molar-refractivity contribution in [1.82, 2.24) is 10.2 Å². The molecule has 2 aromatic rings. The molecular weight excluding hydrogens is 359 g/mol. The van der Waals surface area contributed by atoms with Gasteiger partial charge < -0.3 is 19.7 Å². The molecule has 0 bridgehead atoms. The van der Waals surface area contributed by atoms with Gasteiger partial charge in [0.05, 0.1) is 20.2 Å². The smallest absolute Gasteiger partial charge is 0.317 e. The average molecular weight is 384 g/mol. The topological polar surface area (TPSA) is 50.8 Å². The van der Waals surface area contributed by atoms with Crippen molar-refractivity contribution in [3.8, 4) is 11.5 Å². The van der Waals surface area contributed by atoms with Gasteiger partial charge in [-0.1, -0.05) is 12.1 Å². The molecule has 0 atom stereocenters. The first kappa shape index (κ1) is 18.6. The molecule has 5 nitrogen and oxygen atoms in total. The van der Waals surface area contributed by atoms with Crippen molar-refractivity contribution in [3.05, 3.63) is 59.4 Å². The second-order valence-corrected chi connectivity index (χ2v) is 7.71. The molecule has 1 aliphatic heterocycles. The second-order valence-electron chi connectivity index (χ2n) is 7.71. The van der Waals surface area contributed by atoms with E-state index in [9.17, 15) is 9.18 Å². The third-order valence-electron chi connectivity index (χ3n) is 5.61. The molecule has 0 saturated heterocycles. The lowest BCUT2D eigenvalue weighted by Crippen LogP contribution is -2.43. The summed E-state index contributed by atoms with van der Waals surface area (Å²) in [4.78, 5) is 14.5. The zero-order chi connectivity index (χ0) is 19.6. The van der Waals surface area contributed by atoms with Crippen LogP contribution in [0.2, 0.25) is 0 Å². The third kappa shape index (κ3) is 4.21. The molecular formula is C22H25FN2O3. The molecule has 148 valence electrons. The molecule has 1 aliphatic carbocycles. The summed E-state index contributed by atoms with van der Waals surface area (Å²) in [5, 5.41) is 3.10. The van der Waals surface area contributed by atoms with E-state index in [2.05, 4.69) is 5.32 Å². The van der Waals surface area contributed by atoms with Gasteiger partial charge >= 0.3 is 6.03 Å². The van der Waals surface area contributed by atoms with E-state index in [0.29, 0.717) is 26.2 Å². The second kappa shape index (κ2) is 7.70. The van der Waals surface area contributed by atoms with Gasteiger partial charge in [0, 0.05) is 18.2 Å². The molecule has 0 unspecified atom stereocenters. The fraction of sp³-hybridized carbons (Fsp3) is 0.409. The maximum atomic E-state index is 13.1. The van der Waals surface area contributed by atoms with E-state index in [-0.39, 0.29) is 17.3 Å². The van der Waals surface area contributed by atoms with E-state index in [1.807, 2.05) is 30.3 Å². The van der Waals surface area contributed by atoms with E-state index in [1.54, 1.807) is 12.0 Å². The molecule has 0 aromatic heterocycles. The molecule has 0 spiro atoms. The molecule has 4 rings (SSSR count). The number of hydrogen-bond acceptors (Lipinski definition) is 3. The number of urea groups is 1. The lowest BCUT2D eigenvalue weighted by molar-refractivity contribution is 0.185. The van der Waals surface area contributed by atoms with Crippen molar-refractivity contribution in [2.45, 2.75) is 25.8 Å². The van der Waals surface area contributed by atoms with E-state index < -0.39 is 0 Å². The fourth-order valence-corrected chi connectivity index (χ4v) is 3.65. The van der Waals surface area contributed by atoms with Crippen LogP contribution < -0.4 is 14.8 Å². The number of fused-ring (bicyclic) bond motifs is 1. The van der Waals surface area contributed by atoms with E-state index in [0.717, 1.165) is 41.9 Å². The molecule has 1 saturated carbocycles. The van der Waals surface area contributed by atoms with Crippen LogP contribution in [0, 0.1) is 11.2 Å². The standard InChI is InChI=1S/C22H25FN2O3/c1-27-19-7-4-17-14-25(10-11-28-20(17)12-19)21(26)24-15-22(8-9-22)13-16-2-5-18(23)6-3-16/h2-7,12H,8-11,13-15H2,1H3,(H,24,26). The van der Waals surface area contributed by atoms with Gasteiger partial charge in [0.25, 0.3) is 0 Å². The highest BCUT2D eigenvalue weighted by molar-refractivity contribution is 5.74. The van der Waals surface area contributed by atoms with Crippen LogP contribution in [0.1, 0.15) is 24.0 Å². The molecule has 0 radical (unpaired) electrons. The quantitative estimate of drug-likeness (QED) is 0.854. The van der Waals surface area contributed by atoms with Crippen LogP contribution >= 0.6 is 0 Å². The summed E-state index contributed by atoms with van der Waals surface area (Å²) in [5.74, 6) is 1.29. The minimum absolute atomic E-state index is 0.0716. The highest BCUT2D eigenvalue weighted by atomic mass is 19.1. The lowest BCUT2D eigenvalue weighted by atomic mass is 9.96. The summed E-state index contributed by atoms with van der Waals surface area (Å²) < 4.78 is 24.1. The van der Waals surface area contributed by atoms with Crippen LogP contribution in [0.4, 0.5) is 9.18 Å². The maximum absolute atomic E-state index is 13.1. The number of hydrogen-bond donors (Lipinski definition) is 1. The van der Waals surface area contributed by atoms with Gasteiger partial charge in [-0.15, -0.1) is 0 Å². The van der Waals surface area contributed by atoms with Gasteiger partial charge in [-0.25, -0.2) is 9.18 Å². The Balaban J connectivity index is 1.35. The molecule has 1 heterocycles. The minimum atomic E-state index is -0.219. The average Bonchev–Trinajstić information content (AvgIpc) is 3.50. The molecule has 2 aliphatic rings. The van der Waals surface area contributed by atoms with Crippen molar-refractivity contribution in [2.75, 3.05) is 26.8 Å². The number of amides is 2. The Morgan fingerprint density at radius 3 is 2.75 bits per heavy atom. The van der Waals surface area contributed by atoms with Crippen molar-refractivity contribution < 1.29 is 18.7 Å². The lowest BCUT2D eigenvalue weighted by Gasteiger charge is -2.23. The van der Waals surface area contributed by atoms with Crippen LogP contribution in [-0.4, -0.2) is 37.7 Å². The normalized spacial score (nSPS) is 17.1. The summed E-state index contributed by atoms with van der Waals surface area (Å²) >= 11 is 0. The Morgan fingerprint density at radius 2 is 2.04 bits per heavy atom. The van der Waals surface area contributed by atoms with Crippen molar-refractivity contribution >= 4 is 6.03 Å². The van der Waals surface area contributed by atoms with Gasteiger partial charge in [-0.2, -0.15) is 0 Å². The summed E-state index contributed by atoms with van der Waals surface area (Å²) in [6, 6.07) is 12.3. The number of carbonyl (C=O) groups is 1. The van der Waals surface area contributed by atoms with Crippen LogP contribution in [0.5, 0.6) is 11.5 Å². The molecule has 1 fully saturated rings. The number of carbonyl (C=O) groups excluding carboxylic acids is 1. The molecule has 6 heteroatoms. The zero-order valence-electron chi connectivity index (χ0n) is 16.0. The molecule has 1 N–H and O–H groups in total.